The van der Waals surface area contributed by atoms with Crippen LogP contribution in [0.2, 0.25) is 0 Å². The zero-order chi connectivity index (χ0) is 17.0. The highest BCUT2D eigenvalue weighted by atomic mass is 32.1. The first-order chi connectivity index (χ1) is 10.9. The number of ether oxygens (including phenoxy) is 1. The van der Waals surface area contributed by atoms with Gasteiger partial charge >= 0.3 is 0 Å². The van der Waals surface area contributed by atoms with Gasteiger partial charge in [0.25, 0.3) is 0 Å². The molecule has 2 aromatic rings. The van der Waals surface area contributed by atoms with E-state index in [1.807, 2.05) is 30.3 Å². The van der Waals surface area contributed by atoms with Gasteiger partial charge in [-0.15, -0.1) is 0 Å². The molecule has 2 rings (SSSR count). The molecular formula is C19H24N2OS. The summed E-state index contributed by atoms with van der Waals surface area (Å²) in [6.45, 7) is 8.60. The van der Waals surface area contributed by atoms with Crippen molar-refractivity contribution in [2.75, 3.05) is 5.32 Å². The number of rotatable bonds is 5. The quantitative estimate of drug-likeness (QED) is 0.723. The average Bonchev–Trinajstić information content (AvgIpc) is 2.48. The van der Waals surface area contributed by atoms with Crippen LogP contribution in [-0.2, 0) is 0 Å². The summed E-state index contributed by atoms with van der Waals surface area (Å²) < 4.78 is 6.03. The summed E-state index contributed by atoms with van der Waals surface area (Å²) in [6.07, 6.45) is 0. The van der Waals surface area contributed by atoms with E-state index in [0.717, 1.165) is 28.3 Å². The maximum absolute atomic E-state index is 6.03. The molecule has 0 aliphatic heterocycles. The molecule has 0 radical (unpaired) electrons. The van der Waals surface area contributed by atoms with E-state index in [9.17, 15) is 0 Å². The molecule has 4 heteroatoms. The van der Waals surface area contributed by atoms with Crippen LogP contribution in [0.25, 0.3) is 0 Å². The van der Waals surface area contributed by atoms with E-state index in [2.05, 4.69) is 45.1 Å². The average molecular weight is 328 g/mol. The Hall–Kier alpha value is -2.07. The van der Waals surface area contributed by atoms with Crippen molar-refractivity contribution < 1.29 is 4.74 Å². The monoisotopic (exact) mass is 328 g/mol. The summed E-state index contributed by atoms with van der Waals surface area (Å²) in [5.74, 6) is 2.30. The van der Waals surface area contributed by atoms with Crippen molar-refractivity contribution in [3.8, 4) is 11.5 Å². The van der Waals surface area contributed by atoms with Gasteiger partial charge in [-0.05, 0) is 59.4 Å². The van der Waals surface area contributed by atoms with Crippen molar-refractivity contribution in [2.45, 2.75) is 39.5 Å². The van der Waals surface area contributed by atoms with E-state index in [4.69, 9.17) is 22.7 Å². The number of thiocarbonyl (C=S) groups is 1. The molecule has 3 nitrogen and oxygen atoms in total. The van der Waals surface area contributed by atoms with Crippen LogP contribution >= 0.6 is 12.2 Å². The van der Waals surface area contributed by atoms with Crippen LogP contribution in [0.3, 0.4) is 0 Å². The molecule has 3 N–H and O–H groups in total. The fourth-order valence-electron chi connectivity index (χ4n) is 2.52. The Morgan fingerprint density at radius 1 is 0.957 bits per heavy atom. The molecule has 0 fully saturated rings. The minimum absolute atomic E-state index is 0.283. The molecule has 0 saturated carbocycles. The molecule has 0 saturated heterocycles. The van der Waals surface area contributed by atoms with Crippen LogP contribution in [0, 0.1) is 0 Å². The third-order valence-electron chi connectivity index (χ3n) is 3.64. The predicted octanol–water partition coefficient (Wildman–Crippen LogP) is 5.38. The number of hydrogen-bond donors (Lipinski definition) is 2. The van der Waals surface area contributed by atoms with Gasteiger partial charge in [-0.3, -0.25) is 0 Å². The molecule has 0 bridgehead atoms. The number of nitrogens with one attached hydrogen (secondary N) is 1. The van der Waals surface area contributed by atoms with Crippen LogP contribution in [-0.4, -0.2) is 5.11 Å². The molecule has 0 atom stereocenters. The van der Waals surface area contributed by atoms with Crippen LogP contribution in [0.15, 0.2) is 42.5 Å². The first-order valence-electron chi connectivity index (χ1n) is 7.85. The zero-order valence-corrected chi connectivity index (χ0v) is 14.9. The van der Waals surface area contributed by atoms with Crippen molar-refractivity contribution >= 4 is 23.0 Å². The maximum atomic E-state index is 6.03. The first-order valence-corrected chi connectivity index (χ1v) is 8.26. The topological polar surface area (TPSA) is 47.3 Å². The van der Waals surface area contributed by atoms with Crippen molar-refractivity contribution in [3.63, 3.8) is 0 Å². The van der Waals surface area contributed by atoms with Crippen LogP contribution in [0.5, 0.6) is 11.5 Å². The third-order valence-corrected chi connectivity index (χ3v) is 3.75. The number of hydrogen-bond acceptors (Lipinski definition) is 2. The van der Waals surface area contributed by atoms with Gasteiger partial charge < -0.3 is 15.8 Å². The minimum Gasteiger partial charge on any atom is -0.457 e. The second-order valence-electron chi connectivity index (χ2n) is 6.19. The molecule has 0 spiro atoms. The first kappa shape index (κ1) is 17.3. The Morgan fingerprint density at radius 3 is 1.91 bits per heavy atom. The van der Waals surface area contributed by atoms with Crippen LogP contribution in [0.1, 0.15) is 50.7 Å². The Bertz CT molecular complexity index is 652. The Labute approximate surface area is 143 Å². The zero-order valence-electron chi connectivity index (χ0n) is 14.1. The molecule has 2 aromatic carbocycles. The van der Waals surface area contributed by atoms with E-state index in [1.54, 1.807) is 0 Å². The van der Waals surface area contributed by atoms with Gasteiger partial charge in [0.1, 0.15) is 11.5 Å². The summed E-state index contributed by atoms with van der Waals surface area (Å²) in [5, 5.41) is 3.43. The normalized spacial score (nSPS) is 10.9. The largest absolute Gasteiger partial charge is 0.457 e. The van der Waals surface area contributed by atoms with E-state index >= 15 is 0 Å². The lowest BCUT2D eigenvalue weighted by molar-refractivity contribution is 0.480. The molecule has 0 aromatic heterocycles. The maximum Gasteiger partial charge on any atom is 0.168 e. The predicted molar refractivity (Wildman–Crippen MR) is 102 cm³/mol. The lowest BCUT2D eigenvalue weighted by atomic mass is 9.92. The summed E-state index contributed by atoms with van der Waals surface area (Å²) in [6, 6.07) is 13.9. The lowest BCUT2D eigenvalue weighted by Crippen LogP contribution is -2.21. The van der Waals surface area contributed by atoms with Crippen molar-refractivity contribution in [3.05, 3.63) is 53.6 Å². The Balaban J connectivity index is 2.51. The SMILES string of the molecule is CC(C)c1cc(Oc2ccccc2)cc(C(C)C)c1NC(N)=S. The van der Waals surface area contributed by atoms with E-state index in [1.165, 1.54) is 0 Å². The number of anilines is 1. The van der Waals surface area contributed by atoms with E-state index < -0.39 is 0 Å². The number of para-hydroxylation sites is 1. The minimum atomic E-state index is 0.283. The fraction of sp³-hybridized carbons (Fsp3) is 0.316. The molecule has 0 heterocycles. The number of nitrogens with two attached hydrogens (primary N) is 1. The molecule has 23 heavy (non-hydrogen) atoms. The summed E-state index contributed by atoms with van der Waals surface area (Å²) in [7, 11) is 0. The summed E-state index contributed by atoms with van der Waals surface area (Å²) >= 11 is 5.04. The molecule has 0 aliphatic rings. The molecule has 0 aliphatic carbocycles. The highest BCUT2D eigenvalue weighted by Gasteiger charge is 2.17. The van der Waals surface area contributed by atoms with E-state index in [-0.39, 0.29) is 5.11 Å². The van der Waals surface area contributed by atoms with Gasteiger partial charge in [-0.1, -0.05) is 45.9 Å². The van der Waals surface area contributed by atoms with Gasteiger partial charge in [0.05, 0.1) is 0 Å². The highest BCUT2D eigenvalue weighted by molar-refractivity contribution is 7.80. The third kappa shape index (κ3) is 4.45. The van der Waals surface area contributed by atoms with Gasteiger partial charge in [-0.25, -0.2) is 0 Å². The van der Waals surface area contributed by atoms with Gasteiger partial charge in [0.2, 0.25) is 0 Å². The van der Waals surface area contributed by atoms with Gasteiger partial charge in [0, 0.05) is 5.69 Å². The number of benzene rings is 2. The Kier molecular flexibility index (Phi) is 5.61. The van der Waals surface area contributed by atoms with Crippen molar-refractivity contribution in [2.24, 2.45) is 5.73 Å². The van der Waals surface area contributed by atoms with Crippen LogP contribution in [0.4, 0.5) is 5.69 Å². The standard InChI is InChI=1S/C19H24N2OS/c1-12(2)16-10-15(22-14-8-6-5-7-9-14)11-17(13(3)4)18(16)21-19(20)23/h5-13H,1-4H3,(H3,20,21,23). The lowest BCUT2D eigenvalue weighted by Gasteiger charge is -2.22. The molecular weight excluding hydrogens is 304 g/mol. The molecule has 122 valence electrons. The van der Waals surface area contributed by atoms with Crippen molar-refractivity contribution in [1.29, 1.82) is 0 Å². The second kappa shape index (κ2) is 7.47. The summed E-state index contributed by atoms with van der Waals surface area (Å²) in [4.78, 5) is 0. The highest BCUT2D eigenvalue weighted by Crippen LogP contribution is 2.37. The second-order valence-corrected chi connectivity index (χ2v) is 6.63. The molecule has 0 unspecified atom stereocenters. The fourth-order valence-corrected chi connectivity index (χ4v) is 2.62. The Morgan fingerprint density at radius 2 is 1.48 bits per heavy atom. The van der Waals surface area contributed by atoms with Crippen LogP contribution < -0.4 is 15.8 Å². The smallest absolute Gasteiger partial charge is 0.168 e. The van der Waals surface area contributed by atoms with Crippen molar-refractivity contribution in [1.82, 2.24) is 0 Å². The summed E-state index contributed by atoms with van der Waals surface area (Å²) in [5.41, 5.74) is 9.01. The van der Waals surface area contributed by atoms with E-state index in [0.29, 0.717) is 11.8 Å². The van der Waals surface area contributed by atoms with Gasteiger partial charge in [-0.2, -0.15) is 0 Å². The van der Waals surface area contributed by atoms with Gasteiger partial charge in [0.15, 0.2) is 5.11 Å². The molecule has 0 amide bonds.